The van der Waals surface area contributed by atoms with Crippen LogP contribution in [0.1, 0.15) is 47.4 Å². The van der Waals surface area contributed by atoms with Gasteiger partial charge in [-0.2, -0.15) is 0 Å². The molecule has 2 heterocycles. The molecule has 3 aromatic rings. The molecule has 2 amide bonds. The van der Waals surface area contributed by atoms with Crippen molar-refractivity contribution in [3.8, 4) is 0 Å². The highest BCUT2D eigenvalue weighted by Crippen LogP contribution is 2.21. The Bertz CT molecular complexity index is 1060. The van der Waals surface area contributed by atoms with Gasteiger partial charge in [-0.15, -0.1) is 0 Å². The Labute approximate surface area is 187 Å². The van der Waals surface area contributed by atoms with Crippen LogP contribution in [-0.2, 0) is 11.3 Å². The molecular formula is C25H27N5O2. The maximum absolute atomic E-state index is 13.2. The summed E-state index contributed by atoms with van der Waals surface area (Å²) < 4.78 is 0. The number of likely N-dealkylation sites (tertiary alicyclic amines) is 1. The van der Waals surface area contributed by atoms with E-state index in [9.17, 15) is 9.59 Å². The van der Waals surface area contributed by atoms with Crippen molar-refractivity contribution in [2.45, 2.75) is 38.4 Å². The second-order valence-corrected chi connectivity index (χ2v) is 7.90. The summed E-state index contributed by atoms with van der Waals surface area (Å²) in [4.78, 5) is 36.3. The molecule has 1 fully saturated rings. The van der Waals surface area contributed by atoms with Crippen LogP contribution in [0.25, 0.3) is 0 Å². The van der Waals surface area contributed by atoms with Crippen LogP contribution in [0.5, 0.6) is 0 Å². The summed E-state index contributed by atoms with van der Waals surface area (Å²) >= 11 is 0. The van der Waals surface area contributed by atoms with E-state index in [-0.39, 0.29) is 23.6 Å². The Morgan fingerprint density at radius 3 is 2.53 bits per heavy atom. The van der Waals surface area contributed by atoms with Crippen molar-refractivity contribution in [2.24, 2.45) is 0 Å². The lowest BCUT2D eigenvalue weighted by Gasteiger charge is -2.24. The number of anilines is 1. The molecule has 164 valence electrons. The summed E-state index contributed by atoms with van der Waals surface area (Å²) in [6, 6.07) is 20.8. The van der Waals surface area contributed by atoms with Gasteiger partial charge in [-0.05, 0) is 37.0 Å². The topological polar surface area (TPSA) is 87.2 Å². The summed E-state index contributed by atoms with van der Waals surface area (Å²) in [5.41, 5.74) is 2.41. The van der Waals surface area contributed by atoms with Gasteiger partial charge in [0.1, 0.15) is 11.7 Å². The molecule has 1 aliphatic heterocycles. The number of rotatable bonds is 7. The molecule has 2 N–H and O–H groups in total. The Morgan fingerprint density at radius 2 is 1.78 bits per heavy atom. The fourth-order valence-electron chi connectivity index (χ4n) is 3.90. The van der Waals surface area contributed by atoms with Gasteiger partial charge >= 0.3 is 0 Å². The summed E-state index contributed by atoms with van der Waals surface area (Å²) in [7, 11) is 0. The Morgan fingerprint density at radius 1 is 1.06 bits per heavy atom. The molecule has 0 bridgehead atoms. The molecule has 1 saturated heterocycles. The third kappa shape index (κ3) is 5.11. The molecule has 32 heavy (non-hydrogen) atoms. The molecule has 2 aromatic carbocycles. The Kier molecular flexibility index (Phi) is 6.75. The molecule has 0 saturated carbocycles. The number of benzene rings is 2. The zero-order valence-electron chi connectivity index (χ0n) is 18.1. The molecule has 0 unspecified atom stereocenters. The zero-order chi connectivity index (χ0) is 22.3. The van der Waals surface area contributed by atoms with Gasteiger partial charge in [0.05, 0.1) is 6.04 Å². The van der Waals surface area contributed by atoms with Crippen molar-refractivity contribution < 1.29 is 9.59 Å². The average Bonchev–Trinajstić information content (AvgIpc) is 3.33. The number of hydrogen-bond donors (Lipinski definition) is 2. The molecule has 2 atom stereocenters. The minimum atomic E-state index is -0.485. The summed E-state index contributed by atoms with van der Waals surface area (Å²) in [6.07, 6.45) is 3.00. The van der Waals surface area contributed by atoms with E-state index in [1.165, 1.54) is 0 Å². The fourth-order valence-corrected chi connectivity index (χ4v) is 3.90. The number of hydrogen-bond acceptors (Lipinski definition) is 5. The van der Waals surface area contributed by atoms with E-state index in [0.717, 1.165) is 17.5 Å². The van der Waals surface area contributed by atoms with Crippen LogP contribution in [0.3, 0.4) is 0 Å². The van der Waals surface area contributed by atoms with Crippen LogP contribution in [0.4, 0.5) is 5.95 Å². The highest BCUT2D eigenvalue weighted by Gasteiger charge is 2.35. The van der Waals surface area contributed by atoms with Gasteiger partial charge in [0, 0.05) is 19.3 Å². The second kappa shape index (κ2) is 10.0. The van der Waals surface area contributed by atoms with E-state index in [0.29, 0.717) is 25.5 Å². The molecule has 0 radical (unpaired) electrons. The molecule has 1 aliphatic rings. The molecule has 7 heteroatoms. The van der Waals surface area contributed by atoms with Gasteiger partial charge < -0.3 is 15.5 Å². The maximum Gasteiger partial charge on any atom is 0.273 e. The van der Waals surface area contributed by atoms with E-state index in [4.69, 9.17) is 0 Å². The lowest BCUT2D eigenvalue weighted by Crippen LogP contribution is -2.46. The SMILES string of the molecule is C[C@H](Nc1nccc(C(=O)N2CCC[C@@H]2C(=O)NCc2ccccc2)n1)c1ccccc1. The van der Waals surface area contributed by atoms with E-state index >= 15 is 0 Å². The quantitative estimate of drug-likeness (QED) is 0.600. The minimum Gasteiger partial charge on any atom is -0.350 e. The van der Waals surface area contributed by atoms with E-state index < -0.39 is 6.04 Å². The predicted octanol–water partition coefficient (Wildman–Crippen LogP) is 3.57. The molecule has 0 aliphatic carbocycles. The van der Waals surface area contributed by atoms with E-state index in [2.05, 4.69) is 20.6 Å². The standard InChI is InChI=1S/C25H27N5O2/c1-18(20-11-6-3-7-12-20)28-25-26-15-14-21(29-25)24(32)30-16-8-13-22(30)23(31)27-17-19-9-4-2-5-10-19/h2-7,9-12,14-15,18,22H,8,13,16-17H2,1H3,(H,27,31)(H,26,28,29)/t18-,22+/m0/s1. The largest absolute Gasteiger partial charge is 0.350 e. The number of amides is 2. The number of carbonyl (C=O) groups excluding carboxylic acids is 2. The molecule has 1 aromatic heterocycles. The summed E-state index contributed by atoms with van der Waals surface area (Å²) in [5, 5.41) is 6.20. The van der Waals surface area contributed by atoms with Crippen molar-refractivity contribution in [3.05, 3.63) is 89.7 Å². The molecule has 7 nitrogen and oxygen atoms in total. The predicted molar refractivity (Wildman–Crippen MR) is 123 cm³/mol. The third-order valence-electron chi connectivity index (χ3n) is 5.65. The van der Waals surface area contributed by atoms with E-state index in [1.807, 2.05) is 67.6 Å². The monoisotopic (exact) mass is 429 g/mol. The highest BCUT2D eigenvalue weighted by molar-refractivity contribution is 5.96. The smallest absolute Gasteiger partial charge is 0.273 e. The van der Waals surface area contributed by atoms with Gasteiger partial charge in [-0.1, -0.05) is 60.7 Å². The van der Waals surface area contributed by atoms with E-state index in [1.54, 1.807) is 17.2 Å². The third-order valence-corrected chi connectivity index (χ3v) is 5.65. The maximum atomic E-state index is 13.2. The van der Waals surface area contributed by atoms with Gasteiger partial charge in [-0.3, -0.25) is 9.59 Å². The minimum absolute atomic E-state index is 0.00940. The first-order chi connectivity index (χ1) is 15.6. The van der Waals surface area contributed by atoms with Crippen LogP contribution < -0.4 is 10.6 Å². The Hall–Kier alpha value is -3.74. The lowest BCUT2D eigenvalue weighted by atomic mass is 10.1. The fraction of sp³-hybridized carbons (Fsp3) is 0.280. The molecule has 0 spiro atoms. The zero-order valence-corrected chi connectivity index (χ0v) is 18.1. The summed E-state index contributed by atoms with van der Waals surface area (Å²) in [5.74, 6) is 0.00135. The van der Waals surface area contributed by atoms with Crippen LogP contribution in [0.2, 0.25) is 0 Å². The number of nitrogens with one attached hydrogen (secondary N) is 2. The second-order valence-electron chi connectivity index (χ2n) is 7.90. The first kappa shape index (κ1) is 21.5. The first-order valence-corrected chi connectivity index (χ1v) is 10.9. The van der Waals surface area contributed by atoms with Gasteiger partial charge in [-0.25, -0.2) is 9.97 Å². The van der Waals surface area contributed by atoms with Gasteiger partial charge in [0.15, 0.2) is 0 Å². The van der Waals surface area contributed by atoms with Gasteiger partial charge in [0.2, 0.25) is 11.9 Å². The van der Waals surface area contributed by atoms with Crippen molar-refractivity contribution >= 4 is 17.8 Å². The number of aromatic nitrogens is 2. The van der Waals surface area contributed by atoms with Crippen LogP contribution in [0.15, 0.2) is 72.9 Å². The van der Waals surface area contributed by atoms with Crippen LogP contribution in [-0.4, -0.2) is 39.3 Å². The van der Waals surface area contributed by atoms with Crippen molar-refractivity contribution in [1.82, 2.24) is 20.2 Å². The van der Waals surface area contributed by atoms with Crippen LogP contribution in [0, 0.1) is 0 Å². The number of carbonyl (C=O) groups is 2. The van der Waals surface area contributed by atoms with Gasteiger partial charge in [0.25, 0.3) is 5.91 Å². The van der Waals surface area contributed by atoms with Crippen LogP contribution >= 0.6 is 0 Å². The lowest BCUT2D eigenvalue weighted by molar-refractivity contribution is -0.125. The highest BCUT2D eigenvalue weighted by atomic mass is 16.2. The Balaban J connectivity index is 1.41. The number of nitrogens with zero attached hydrogens (tertiary/aromatic N) is 3. The van der Waals surface area contributed by atoms with Crippen molar-refractivity contribution in [1.29, 1.82) is 0 Å². The normalized spacial score (nSPS) is 16.4. The average molecular weight is 430 g/mol. The first-order valence-electron chi connectivity index (χ1n) is 10.9. The summed E-state index contributed by atoms with van der Waals surface area (Å²) in [6.45, 7) is 2.99. The molecular weight excluding hydrogens is 402 g/mol. The molecule has 4 rings (SSSR count). The van der Waals surface area contributed by atoms with Crippen molar-refractivity contribution in [3.63, 3.8) is 0 Å². The van der Waals surface area contributed by atoms with Crippen molar-refractivity contribution in [2.75, 3.05) is 11.9 Å².